The van der Waals surface area contributed by atoms with E-state index in [0.717, 1.165) is 25.7 Å². The molecule has 19 heavy (non-hydrogen) atoms. The second-order valence-corrected chi connectivity index (χ2v) is 5.90. The summed E-state index contributed by atoms with van der Waals surface area (Å²) in [4.78, 5) is 22.2. The summed E-state index contributed by atoms with van der Waals surface area (Å²) in [7, 11) is 0. The van der Waals surface area contributed by atoms with Crippen molar-refractivity contribution in [3.63, 3.8) is 0 Å². The highest BCUT2D eigenvalue weighted by Gasteiger charge is 2.25. The average Bonchev–Trinajstić information content (AvgIpc) is 2.25. The number of hydrogen-bond donors (Lipinski definition) is 2. The maximum atomic E-state index is 11.6. The molecule has 1 saturated carbocycles. The lowest BCUT2D eigenvalue weighted by Crippen LogP contribution is -2.42. The van der Waals surface area contributed by atoms with E-state index in [1.54, 1.807) is 0 Å². The number of ether oxygens (including phenoxy) is 2. The van der Waals surface area contributed by atoms with Crippen molar-refractivity contribution in [3.8, 4) is 0 Å². The van der Waals surface area contributed by atoms with E-state index in [-0.39, 0.29) is 24.8 Å². The number of amides is 2. The first-order chi connectivity index (χ1) is 8.76. The minimum absolute atomic E-state index is 0.0329. The van der Waals surface area contributed by atoms with Gasteiger partial charge in [0, 0.05) is 6.04 Å². The molecule has 1 rings (SSSR count). The zero-order valence-electron chi connectivity index (χ0n) is 11.9. The van der Waals surface area contributed by atoms with E-state index in [1.165, 1.54) is 0 Å². The summed E-state index contributed by atoms with van der Waals surface area (Å²) in [5, 5.41) is 2.85. The molecule has 1 fully saturated rings. The summed E-state index contributed by atoms with van der Waals surface area (Å²) >= 11 is 0. The Bertz CT molecular complexity index is 317. The lowest BCUT2D eigenvalue weighted by Gasteiger charge is -2.29. The van der Waals surface area contributed by atoms with Crippen LogP contribution in [0.5, 0.6) is 0 Å². The van der Waals surface area contributed by atoms with Gasteiger partial charge in [-0.2, -0.15) is 0 Å². The lowest BCUT2D eigenvalue weighted by molar-refractivity contribution is -0.125. The van der Waals surface area contributed by atoms with E-state index in [1.807, 2.05) is 20.8 Å². The molecule has 0 radical (unpaired) electrons. The molecule has 0 saturated heterocycles. The zero-order chi connectivity index (χ0) is 14.5. The summed E-state index contributed by atoms with van der Waals surface area (Å²) in [6.45, 7) is 5.47. The maximum Gasteiger partial charge on any atom is 0.407 e. The zero-order valence-corrected chi connectivity index (χ0v) is 11.9. The summed E-state index contributed by atoms with van der Waals surface area (Å²) < 4.78 is 10.6. The van der Waals surface area contributed by atoms with E-state index < -0.39 is 11.5 Å². The molecule has 3 N–H and O–H groups in total. The molecule has 1 aliphatic carbocycles. The van der Waals surface area contributed by atoms with Gasteiger partial charge < -0.3 is 20.5 Å². The highest BCUT2D eigenvalue weighted by molar-refractivity contribution is 5.75. The fourth-order valence-electron chi connectivity index (χ4n) is 2.05. The molecular weight excluding hydrogens is 248 g/mol. The Balaban J connectivity index is 2.23. The second-order valence-electron chi connectivity index (χ2n) is 5.90. The number of nitrogens with two attached hydrogens (primary N) is 1. The largest absolute Gasteiger partial charge is 0.444 e. The van der Waals surface area contributed by atoms with Crippen LogP contribution in [0.15, 0.2) is 0 Å². The molecule has 0 aromatic rings. The van der Waals surface area contributed by atoms with Crippen LogP contribution in [0.4, 0.5) is 4.79 Å². The van der Waals surface area contributed by atoms with E-state index in [4.69, 9.17) is 15.2 Å². The van der Waals surface area contributed by atoms with Crippen molar-refractivity contribution in [1.82, 2.24) is 5.32 Å². The number of carbonyl (C=O) groups excluding carboxylic acids is 2. The lowest BCUT2D eigenvalue weighted by atomic mass is 9.93. The van der Waals surface area contributed by atoms with Gasteiger partial charge in [-0.1, -0.05) is 0 Å². The summed E-state index contributed by atoms with van der Waals surface area (Å²) in [6.07, 6.45) is 2.95. The molecule has 0 aromatic carbocycles. The van der Waals surface area contributed by atoms with Crippen LogP contribution in [0, 0.1) is 0 Å². The van der Waals surface area contributed by atoms with Crippen molar-refractivity contribution >= 4 is 12.0 Å². The number of nitrogens with one attached hydrogen (secondary N) is 1. The van der Waals surface area contributed by atoms with Crippen LogP contribution in [0.3, 0.4) is 0 Å². The molecule has 0 aliphatic heterocycles. The Morgan fingerprint density at radius 2 is 1.79 bits per heavy atom. The van der Waals surface area contributed by atoms with Crippen LogP contribution in [0.1, 0.15) is 46.5 Å². The van der Waals surface area contributed by atoms with Crippen LogP contribution >= 0.6 is 0 Å². The maximum absolute atomic E-state index is 11.6. The van der Waals surface area contributed by atoms with Gasteiger partial charge in [-0.3, -0.25) is 4.79 Å². The molecule has 1 aliphatic rings. The molecule has 0 atom stereocenters. The Kier molecular flexibility index (Phi) is 5.60. The van der Waals surface area contributed by atoms with Crippen molar-refractivity contribution in [2.45, 2.75) is 64.2 Å². The fraction of sp³-hybridized carbons (Fsp3) is 0.846. The summed E-state index contributed by atoms with van der Waals surface area (Å²) in [5.74, 6) is -0.450. The molecule has 6 nitrogen and oxygen atoms in total. The van der Waals surface area contributed by atoms with Gasteiger partial charge >= 0.3 is 6.09 Å². The van der Waals surface area contributed by atoms with Gasteiger partial charge in [-0.25, -0.2) is 4.79 Å². The van der Waals surface area contributed by atoms with Gasteiger partial charge in [-0.05, 0) is 46.5 Å². The molecule has 0 bridgehead atoms. The van der Waals surface area contributed by atoms with E-state index in [9.17, 15) is 9.59 Å². The van der Waals surface area contributed by atoms with Crippen molar-refractivity contribution in [2.75, 3.05) is 6.61 Å². The van der Waals surface area contributed by atoms with E-state index in [0.29, 0.717) is 0 Å². The van der Waals surface area contributed by atoms with Crippen molar-refractivity contribution in [1.29, 1.82) is 0 Å². The van der Waals surface area contributed by atoms with E-state index >= 15 is 0 Å². The standard InChI is InChI=1S/C13H24N2O4/c1-13(2,3)19-12(17)15-9-4-6-10(7-5-9)18-8-11(14)16/h9-10H,4-8H2,1-3H3,(H2,14,16)(H,15,17). The first-order valence-corrected chi connectivity index (χ1v) is 6.65. The molecule has 2 amide bonds. The number of alkyl carbamates (subject to hydrolysis) is 1. The third kappa shape index (κ3) is 7.00. The highest BCUT2D eigenvalue weighted by Crippen LogP contribution is 2.21. The van der Waals surface area contributed by atoms with Gasteiger partial charge in [0.2, 0.25) is 5.91 Å². The highest BCUT2D eigenvalue weighted by atomic mass is 16.6. The SMILES string of the molecule is CC(C)(C)OC(=O)NC1CCC(OCC(N)=O)CC1. The number of hydrogen-bond acceptors (Lipinski definition) is 4. The molecule has 0 aromatic heterocycles. The predicted molar refractivity (Wildman–Crippen MR) is 70.6 cm³/mol. The topological polar surface area (TPSA) is 90.7 Å². The first kappa shape index (κ1) is 15.8. The third-order valence-corrected chi connectivity index (χ3v) is 2.86. The van der Waals surface area contributed by atoms with Crippen LogP contribution in [-0.4, -0.2) is 36.4 Å². The molecule has 0 heterocycles. The predicted octanol–water partition coefficient (Wildman–Crippen LogP) is 1.32. The van der Waals surface area contributed by atoms with E-state index in [2.05, 4.69) is 5.32 Å². The summed E-state index contributed by atoms with van der Waals surface area (Å²) in [6, 6.07) is 0.114. The van der Waals surface area contributed by atoms with Gasteiger partial charge in [0.05, 0.1) is 6.10 Å². The minimum Gasteiger partial charge on any atom is -0.444 e. The minimum atomic E-state index is -0.480. The van der Waals surface area contributed by atoms with Crippen LogP contribution in [-0.2, 0) is 14.3 Å². The Labute approximate surface area is 114 Å². The van der Waals surface area contributed by atoms with Gasteiger partial charge in [-0.15, -0.1) is 0 Å². The van der Waals surface area contributed by atoms with Crippen molar-refractivity contribution < 1.29 is 19.1 Å². The average molecular weight is 272 g/mol. The summed E-state index contributed by atoms with van der Waals surface area (Å²) in [5.41, 5.74) is 4.54. The molecule has 0 spiro atoms. The second kappa shape index (κ2) is 6.75. The quantitative estimate of drug-likeness (QED) is 0.807. The Hall–Kier alpha value is -1.30. The number of primary amides is 1. The van der Waals surface area contributed by atoms with Crippen molar-refractivity contribution in [2.24, 2.45) is 5.73 Å². The Morgan fingerprint density at radius 3 is 2.26 bits per heavy atom. The van der Waals surface area contributed by atoms with Crippen LogP contribution in [0.25, 0.3) is 0 Å². The monoisotopic (exact) mass is 272 g/mol. The smallest absolute Gasteiger partial charge is 0.407 e. The fourth-order valence-corrected chi connectivity index (χ4v) is 2.05. The van der Waals surface area contributed by atoms with Crippen LogP contribution in [0.2, 0.25) is 0 Å². The molecule has 6 heteroatoms. The first-order valence-electron chi connectivity index (χ1n) is 6.65. The number of rotatable bonds is 4. The number of carbonyl (C=O) groups is 2. The van der Waals surface area contributed by atoms with Gasteiger partial charge in [0.15, 0.2) is 0 Å². The third-order valence-electron chi connectivity index (χ3n) is 2.86. The van der Waals surface area contributed by atoms with Crippen molar-refractivity contribution in [3.05, 3.63) is 0 Å². The molecule has 0 unspecified atom stereocenters. The van der Waals surface area contributed by atoms with Crippen LogP contribution < -0.4 is 11.1 Å². The van der Waals surface area contributed by atoms with Gasteiger partial charge in [0.25, 0.3) is 0 Å². The van der Waals surface area contributed by atoms with Gasteiger partial charge in [0.1, 0.15) is 12.2 Å². The normalized spacial score (nSPS) is 23.7. The molecule has 110 valence electrons. The molecular formula is C13H24N2O4. The Morgan fingerprint density at radius 1 is 1.21 bits per heavy atom.